The molecule has 3 aromatic rings. The standard InChI is InChI=1S/C21H22N4O5S/c1-21(20(27)24-28,31(2,29)30)9-13-25-12-8-17(14-18(25)26)15-4-6-16(7-5-15)19-22-10-3-11-23-19/h3-8,10-12,14,28H,9,13H2,1-2H3,(H,24,27)/t21-/m1/s1. The first-order valence-electron chi connectivity index (χ1n) is 9.38. The number of hydrogen-bond donors (Lipinski definition) is 2. The lowest BCUT2D eigenvalue weighted by molar-refractivity contribution is -0.131. The van der Waals surface area contributed by atoms with Crippen LogP contribution in [0.5, 0.6) is 0 Å². The van der Waals surface area contributed by atoms with E-state index in [1.807, 2.05) is 24.3 Å². The molecule has 0 bridgehead atoms. The molecule has 2 heterocycles. The highest BCUT2D eigenvalue weighted by atomic mass is 32.2. The zero-order valence-electron chi connectivity index (χ0n) is 17.0. The Balaban J connectivity index is 1.80. The maximum atomic E-state index is 12.6. The van der Waals surface area contributed by atoms with Crippen LogP contribution in [0.1, 0.15) is 13.3 Å². The summed E-state index contributed by atoms with van der Waals surface area (Å²) in [5.41, 5.74) is 3.42. The minimum atomic E-state index is -3.83. The summed E-state index contributed by atoms with van der Waals surface area (Å²) in [6.07, 6.45) is 5.61. The first kappa shape index (κ1) is 22.3. The van der Waals surface area contributed by atoms with E-state index in [2.05, 4.69) is 9.97 Å². The maximum absolute atomic E-state index is 12.6. The van der Waals surface area contributed by atoms with Gasteiger partial charge in [-0.2, -0.15) is 0 Å². The lowest BCUT2D eigenvalue weighted by Gasteiger charge is -2.25. The molecule has 2 aromatic heterocycles. The summed E-state index contributed by atoms with van der Waals surface area (Å²) in [6.45, 7) is 1.20. The Morgan fingerprint density at radius 2 is 1.71 bits per heavy atom. The summed E-state index contributed by atoms with van der Waals surface area (Å²) in [5.74, 6) is -0.438. The molecule has 1 aromatic carbocycles. The molecule has 10 heteroatoms. The zero-order valence-corrected chi connectivity index (χ0v) is 17.8. The van der Waals surface area contributed by atoms with Gasteiger partial charge in [0.15, 0.2) is 20.4 Å². The number of sulfone groups is 1. The van der Waals surface area contributed by atoms with Crippen LogP contribution in [0.3, 0.4) is 0 Å². The molecule has 0 unspecified atom stereocenters. The number of amides is 1. The van der Waals surface area contributed by atoms with Crippen LogP contribution in [0.15, 0.2) is 65.8 Å². The zero-order chi connectivity index (χ0) is 22.6. The van der Waals surface area contributed by atoms with Crippen molar-refractivity contribution < 1.29 is 18.4 Å². The number of nitrogens with one attached hydrogen (secondary N) is 1. The van der Waals surface area contributed by atoms with Gasteiger partial charge in [-0.15, -0.1) is 0 Å². The van der Waals surface area contributed by atoms with Gasteiger partial charge in [0.25, 0.3) is 11.5 Å². The Hall–Kier alpha value is -3.37. The van der Waals surface area contributed by atoms with Gasteiger partial charge in [-0.05, 0) is 36.6 Å². The Morgan fingerprint density at radius 3 is 2.26 bits per heavy atom. The lowest BCUT2D eigenvalue weighted by atomic mass is 10.0. The van der Waals surface area contributed by atoms with E-state index < -0.39 is 20.5 Å². The minimum absolute atomic E-state index is 0.0135. The quantitative estimate of drug-likeness (QED) is 0.420. The number of aromatic nitrogens is 3. The van der Waals surface area contributed by atoms with E-state index in [4.69, 9.17) is 5.21 Å². The lowest BCUT2D eigenvalue weighted by Crippen LogP contribution is -2.49. The molecule has 0 aliphatic heterocycles. The smallest absolute Gasteiger partial charge is 0.264 e. The Labute approximate surface area is 179 Å². The normalized spacial score (nSPS) is 13.4. The highest BCUT2D eigenvalue weighted by Gasteiger charge is 2.43. The fourth-order valence-electron chi connectivity index (χ4n) is 3.05. The molecule has 1 atom stereocenters. The highest BCUT2D eigenvalue weighted by Crippen LogP contribution is 2.24. The summed E-state index contributed by atoms with van der Waals surface area (Å²) in [5, 5.41) is 8.90. The fourth-order valence-corrected chi connectivity index (χ4v) is 3.90. The Morgan fingerprint density at radius 1 is 1.10 bits per heavy atom. The van der Waals surface area contributed by atoms with Gasteiger partial charge in [-0.1, -0.05) is 24.3 Å². The number of carbonyl (C=O) groups is 1. The molecule has 2 N–H and O–H groups in total. The van der Waals surface area contributed by atoms with Crippen LogP contribution >= 0.6 is 0 Å². The number of hydrogen-bond acceptors (Lipinski definition) is 7. The summed E-state index contributed by atoms with van der Waals surface area (Å²) < 4.78 is 23.6. The van der Waals surface area contributed by atoms with Crippen molar-refractivity contribution >= 4 is 15.7 Å². The number of aryl methyl sites for hydroxylation is 1. The largest absolute Gasteiger partial charge is 0.315 e. The predicted molar refractivity (Wildman–Crippen MR) is 115 cm³/mol. The molecule has 0 saturated heterocycles. The number of benzene rings is 1. The van der Waals surface area contributed by atoms with Crippen molar-refractivity contribution in [3.8, 4) is 22.5 Å². The Kier molecular flexibility index (Phi) is 6.32. The van der Waals surface area contributed by atoms with E-state index in [9.17, 15) is 18.0 Å². The van der Waals surface area contributed by atoms with Gasteiger partial charge in [0.1, 0.15) is 0 Å². The van der Waals surface area contributed by atoms with Crippen molar-refractivity contribution in [2.45, 2.75) is 24.6 Å². The van der Waals surface area contributed by atoms with E-state index in [1.165, 1.54) is 23.0 Å². The third-order valence-corrected chi connectivity index (χ3v) is 7.29. The number of nitrogens with zero attached hydrogens (tertiary/aromatic N) is 3. The van der Waals surface area contributed by atoms with Gasteiger partial charge < -0.3 is 4.57 Å². The molecule has 162 valence electrons. The van der Waals surface area contributed by atoms with Crippen LogP contribution in [-0.4, -0.2) is 45.1 Å². The number of rotatable bonds is 7. The number of pyridine rings is 1. The van der Waals surface area contributed by atoms with Crippen molar-refractivity contribution in [3.05, 3.63) is 71.4 Å². The molecule has 0 spiro atoms. The van der Waals surface area contributed by atoms with Crippen molar-refractivity contribution in [2.75, 3.05) is 6.26 Å². The molecule has 0 saturated carbocycles. The summed E-state index contributed by atoms with van der Waals surface area (Å²) in [4.78, 5) is 32.9. The SMILES string of the molecule is C[C@@](CCn1ccc(-c2ccc(-c3ncccn3)cc2)cc1=O)(C(=O)NO)S(C)(=O)=O. The van der Waals surface area contributed by atoms with Crippen molar-refractivity contribution in [3.63, 3.8) is 0 Å². The van der Waals surface area contributed by atoms with Gasteiger partial charge in [-0.25, -0.2) is 23.9 Å². The molecule has 0 aliphatic carbocycles. The van der Waals surface area contributed by atoms with E-state index in [1.54, 1.807) is 30.7 Å². The van der Waals surface area contributed by atoms with E-state index in [0.717, 1.165) is 17.4 Å². The third-order valence-electron chi connectivity index (χ3n) is 5.27. The van der Waals surface area contributed by atoms with Crippen LogP contribution in [0.4, 0.5) is 0 Å². The average molecular weight is 442 g/mol. The fraction of sp³-hybridized carbons (Fsp3) is 0.238. The van der Waals surface area contributed by atoms with Gasteiger partial charge in [0.2, 0.25) is 0 Å². The van der Waals surface area contributed by atoms with E-state index >= 15 is 0 Å². The second-order valence-corrected chi connectivity index (χ2v) is 9.74. The molecule has 9 nitrogen and oxygen atoms in total. The first-order valence-corrected chi connectivity index (χ1v) is 11.3. The van der Waals surface area contributed by atoms with Gasteiger partial charge in [0.05, 0.1) is 0 Å². The van der Waals surface area contributed by atoms with Crippen molar-refractivity contribution in [1.82, 2.24) is 20.0 Å². The third kappa shape index (κ3) is 4.70. The maximum Gasteiger partial charge on any atom is 0.264 e. The second-order valence-electron chi connectivity index (χ2n) is 7.29. The molecule has 0 fully saturated rings. The molecule has 3 rings (SSSR count). The van der Waals surface area contributed by atoms with Crippen molar-refractivity contribution in [1.29, 1.82) is 0 Å². The monoisotopic (exact) mass is 442 g/mol. The first-order chi connectivity index (χ1) is 14.7. The van der Waals surface area contributed by atoms with E-state index in [-0.39, 0.29) is 18.5 Å². The summed E-state index contributed by atoms with van der Waals surface area (Å²) in [6, 6.07) is 12.4. The van der Waals surface area contributed by atoms with Gasteiger partial charge in [0, 0.05) is 43.0 Å². The van der Waals surface area contributed by atoms with E-state index in [0.29, 0.717) is 11.4 Å². The predicted octanol–water partition coefficient (Wildman–Crippen LogP) is 1.67. The minimum Gasteiger partial charge on any atom is -0.315 e. The topological polar surface area (TPSA) is 131 Å². The second kappa shape index (κ2) is 8.78. The van der Waals surface area contributed by atoms with Crippen LogP contribution in [0, 0.1) is 0 Å². The van der Waals surface area contributed by atoms with Crippen molar-refractivity contribution in [2.24, 2.45) is 0 Å². The molecule has 0 aliphatic rings. The molecular weight excluding hydrogens is 420 g/mol. The summed E-state index contributed by atoms with van der Waals surface area (Å²) >= 11 is 0. The van der Waals surface area contributed by atoms with Gasteiger partial charge in [-0.3, -0.25) is 14.8 Å². The molecule has 1 amide bonds. The van der Waals surface area contributed by atoms with Crippen LogP contribution in [0.2, 0.25) is 0 Å². The number of carbonyl (C=O) groups excluding carboxylic acids is 1. The van der Waals surface area contributed by atoms with Crippen LogP contribution in [0.25, 0.3) is 22.5 Å². The van der Waals surface area contributed by atoms with Crippen LogP contribution < -0.4 is 11.0 Å². The summed E-state index contributed by atoms with van der Waals surface area (Å²) in [7, 11) is -3.83. The molecule has 31 heavy (non-hydrogen) atoms. The van der Waals surface area contributed by atoms with Crippen LogP contribution in [-0.2, 0) is 21.2 Å². The molecular formula is C21H22N4O5S. The molecule has 0 radical (unpaired) electrons. The Bertz CT molecular complexity index is 1240. The van der Waals surface area contributed by atoms with Gasteiger partial charge >= 0.3 is 0 Å². The number of hydroxylamine groups is 1. The average Bonchev–Trinajstić information content (AvgIpc) is 2.77. The highest BCUT2D eigenvalue weighted by molar-refractivity contribution is 7.92.